The standard InChI is InChI=1S/C24H17N3O3/c28-22-14-16-9-10-17(13-20(16)25-22)23-26-21(24(29)27-23)12-15-5-4-8-19(11-15)30-18-6-2-1-3-7-18/h1-13H,14H2,(H,25,28)(H,26,27,29)/b21-12-. The molecule has 3 aromatic carbocycles. The molecule has 0 radical (unpaired) electrons. The Morgan fingerprint density at radius 2 is 1.70 bits per heavy atom. The van der Waals surface area contributed by atoms with Crippen molar-refractivity contribution in [1.82, 2.24) is 5.32 Å². The minimum atomic E-state index is -0.274. The largest absolute Gasteiger partial charge is 0.457 e. The molecule has 0 saturated heterocycles. The minimum Gasteiger partial charge on any atom is -0.457 e. The number of aliphatic imine (C=N–C) groups is 1. The van der Waals surface area contributed by atoms with Crippen LogP contribution in [0.3, 0.4) is 0 Å². The molecule has 0 spiro atoms. The Labute approximate surface area is 172 Å². The van der Waals surface area contributed by atoms with E-state index in [1.54, 1.807) is 6.08 Å². The highest BCUT2D eigenvalue weighted by Crippen LogP contribution is 2.26. The Morgan fingerprint density at radius 3 is 2.57 bits per heavy atom. The first-order valence-electron chi connectivity index (χ1n) is 9.52. The van der Waals surface area contributed by atoms with E-state index in [9.17, 15) is 9.59 Å². The van der Waals surface area contributed by atoms with Gasteiger partial charge in [-0.3, -0.25) is 9.59 Å². The maximum atomic E-state index is 12.4. The lowest BCUT2D eigenvalue weighted by Crippen LogP contribution is -2.24. The summed E-state index contributed by atoms with van der Waals surface area (Å²) in [5, 5.41) is 5.61. The van der Waals surface area contributed by atoms with Crippen LogP contribution >= 0.6 is 0 Å². The Bertz CT molecular complexity index is 1230. The molecule has 2 amide bonds. The highest BCUT2D eigenvalue weighted by molar-refractivity contribution is 6.20. The number of nitrogens with zero attached hydrogens (tertiary/aromatic N) is 1. The van der Waals surface area contributed by atoms with Gasteiger partial charge in [0.1, 0.15) is 23.0 Å². The second-order valence-electron chi connectivity index (χ2n) is 7.03. The summed E-state index contributed by atoms with van der Waals surface area (Å²) in [6.07, 6.45) is 2.09. The highest BCUT2D eigenvalue weighted by atomic mass is 16.5. The van der Waals surface area contributed by atoms with E-state index in [0.29, 0.717) is 23.7 Å². The van der Waals surface area contributed by atoms with Crippen molar-refractivity contribution in [2.75, 3.05) is 5.32 Å². The maximum Gasteiger partial charge on any atom is 0.275 e. The number of hydrogen-bond acceptors (Lipinski definition) is 4. The Kier molecular flexibility index (Phi) is 4.37. The van der Waals surface area contributed by atoms with Gasteiger partial charge >= 0.3 is 0 Å². The third kappa shape index (κ3) is 3.58. The predicted octanol–water partition coefficient (Wildman–Crippen LogP) is 3.89. The monoisotopic (exact) mass is 395 g/mol. The van der Waals surface area contributed by atoms with E-state index in [-0.39, 0.29) is 11.8 Å². The van der Waals surface area contributed by atoms with Crippen LogP contribution in [0, 0.1) is 0 Å². The molecule has 0 unspecified atom stereocenters. The van der Waals surface area contributed by atoms with Gasteiger partial charge in [-0.05, 0) is 47.5 Å². The lowest BCUT2D eigenvalue weighted by molar-refractivity contribution is -0.116. The Hall–Kier alpha value is -4.19. The fourth-order valence-corrected chi connectivity index (χ4v) is 3.42. The van der Waals surface area contributed by atoms with Crippen LogP contribution in [-0.4, -0.2) is 17.6 Å². The highest BCUT2D eigenvalue weighted by Gasteiger charge is 2.24. The van der Waals surface area contributed by atoms with Gasteiger partial charge in [0.05, 0.1) is 6.42 Å². The quantitative estimate of drug-likeness (QED) is 0.658. The summed E-state index contributed by atoms with van der Waals surface area (Å²) in [6.45, 7) is 0. The van der Waals surface area contributed by atoms with Gasteiger partial charge in [0.15, 0.2) is 0 Å². The molecule has 6 nitrogen and oxygen atoms in total. The summed E-state index contributed by atoms with van der Waals surface area (Å²) in [6, 6.07) is 22.5. The van der Waals surface area contributed by atoms with E-state index >= 15 is 0 Å². The normalized spacial score (nSPS) is 16.1. The zero-order valence-corrected chi connectivity index (χ0v) is 15.9. The van der Waals surface area contributed by atoms with Crippen LogP contribution in [0.1, 0.15) is 16.7 Å². The zero-order chi connectivity index (χ0) is 20.5. The predicted molar refractivity (Wildman–Crippen MR) is 114 cm³/mol. The second-order valence-corrected chi connectivity index (χ2v) is 7.03. The van der Waals surface area contributed by atoms with Gasteiger partial charge in [-0.2, -0.15) is 0 Å². The van der Waals surface area contributed by atoms with Crippen molar-refractivity contribution in [3.63, 3.8) is 0 Å². The number of ether oxygens (including phenoxy) is 1. The molecule has 0 aliphatic carbocycles. The van der Waals surface area contributed by atoms with Crippen LogP contribution in [0.25, 0.3) is 6.08 Å². The molecule has 2 aliphatic rings. The molecule has 0 saturated carbocycles. The van der Waals surface area contributed by atoms with Crippen molar-refractivity contribution in [2.24, 2.45) is 4.99 Å². The summed E-state index contributed by atoms with van der Waals surface area (Å²) in [5.74, 6) is 1.57. The van der Waals surface area contributed by atoms with Crippen molar-refractivity contribution < 1.29 is 14.3 Å². The first kappa shape index (κ1) is 17.9. The van der Waals surface area contributed by atoms with Crippen LogP contribution < -0.4 is 15.4 Å². The average molecular weight is 395 g/mol. The van der Waals surface area contributed by atoms with Gasteiger partial charge in [-0.25, -0.2) is 4.99 Å². The van der Waals surface area contributed by atoms with Gasteiger partial charge in [0.25, 0.3) is 5.91 Å². The summed E-state index contributed by atoms with van der Waals surface area (Å²) in [5.41, 5.74) is 3.57. The van der Waals surface area contributed by atoms with Gasteiger partial charge in [-0.1, -0.05) is 42.5 Å². The van der Waals surface area contributed by atoms with E-state index in [1.807, 2.05) is 72.8 Å². The number of para-hydroxylation sites is 1. The fraction of sp³-hybridized carbons (Fsp3) is 0.0417. The van der Waals surface area contributed by atoms with E-state index in [1.165, 1.54) is 0 Å². The summed E-state index contributed by atoms with van der Waals surface area (Å²) in [4.78, 5) is 28.4. The Morgan fingerprint density at radius 1 is 0.867 bits per heavy atom. The number of carbonyl (C=O) groups is 2. The smallest absolute Gasteiger partial charge is 0.275 e. The first-order valence-corrected chi connectivity index (χ1v) is 9.52. The van der Waals surface area contributed by atoms with Gasteiger partial charge in [0, 0.05) is 11.3 Å². The number of benzene rings is 3. The number of hydrogen-bond donors (Lipinski definition) is 2. The molecule has 0 aromatic heterocycles. The molecule has 6 heteroatoms. The molecule has 2 N–H and O–H groups in total. The van der Waals surface area contributed by atoms with Crippen LogP contribution in [0.2, 0.25) is 0 Å². The summed E-state index contributed by atoms with van der Waals surface area (Å²) < 4.78 is 5.85. The van der Waals surface area contributed by atoms with Gasteiger partial charge < -0.3 is 15.4 Å². The molecular weight excluding hydrogens is 378 g/mol. The fourth-order valence-electron chi connectivity index (χ4n) is 3.42. The summed E-state index contributed by atoms with van der Waals surface area (Å²) >= 11 is 0. The van der Waals surface area contributed by atoms with Crippen molar-refractivity contribution in [1.29, 1.82) is 0 Å². The number of amidine groups is 1. The molecule has 0 bridgehead atoms. The molecule has 146 valence electrons. The number of nitrogens with one attached hydrogen (secondary N) is 2. The second kappa shape index (κ2) is 7.33. The molecule has 5 rings (SSSR count). The zero-order valence-electron chi connectivity index (χ0n) is 15.9. The third-order valence-electron chi connectivity index (χ3n) is 4.85. The molecule has 0 atom stereocenters. The van der Waals surface area contributed by atoms with Crippen LogP contribution in [0.15, 0.2) is 83.5 Å². The summed E-state index contributed by atoms with van der Waals surface area (Å²) in [7, 11) is 0. The van der Waals surface area contributed by atoms with Crippen molar-refractivity contribution in [2.45, 2.75) is 6.42 Å². The van der Waals surface area contributed by atoms with Crippen LogP contribution in [0.4, 0.5) is 5.69 Å². The number of carbonyl (C=O) groups excluding carboxylic acids is 2. The number of anilines is 1. The first-order chi connectivity index (χ1) is 14.6. The SMILES string of the molecule is O=C1Cc2ccc(C3=N/C(=C\c4cccc(Oc5ccccc5)c4)C(=O)N3)cc2N1. The lowest BCUT2D eigenvalue weighted by Gasteiger charge is -2.06. The van der Waals surface area contributed by atoms with E-state index in [2.05, 4.69) is 15.6 Å². The van der Waals surface area contributed by atoms with Crippen molar-refractivity contribution in [3.8, 4) is 11.5 Å². The number of rotatable bonds is 4. The topological polar surface area (TPSA) is 79.8 Å². The number of fused-ring (bicyclic) bond motifs is 1. The molecular formula is C24H17N3O3. The molecule has 3 aromatic rings. The number of amides is 2. The van der Waals surface area contributed by atoms with Crippen molar-refractivity contribution >= 4 is 29.4 Å². The van der Waals surface area contributed by atoms with Crippen LogP contribution in [0.5, 0.6) is 11.5 Å². The van der Waals surface area contributed by atoms with E-state index < -0.39 is 0 Å². The molecule has 2 aliphatic heterocycles. The third-order valence-corrected chi connectivity index (χ3v) is 4.85. The van der Waals surface area contributed by atoms with E-state index in [0.717, 1.165) is 28.1 Å². The van der Waals surface area contributed by atoms with E-state index in [4.69, 9.17) is 4.74 Å². The van der Waals surface area contributed by atoms with Gasteiger partial charge in [-0.15, -0.1) is 0 Å². The lowest BCUT2D eigenvalue weighted by atomic mass is 10.1. The average Bonchev–Trinajstić information content (AvgIpc) is 3.30. The van der Waals surface area contributed by atoms with Crippen molar-refractivity contribution in [3.05, 3.63) is 95.2 Å². The van der Waals surface area contributed by atoms with Gasteiger partial charge in [0.2, 0.25) is 5.91 Å². The Balaban J connectivity index is 1.40. The molecule has 0 fully saturated rings. The molecule has 30 heavy (non-hydrogen) atoms. The maximum absolute atomic E-state index is 12.4. The van der Waals surface area contributed by atoms with Crippen LogP contribution in [-0.2, 0) is 16.0 Å². The molecule has 2 heterocycles. The minimum absolute atomic E-state index is 0.0299.